The molecule has 0 radical (unpaired) electrons. The van der Waals surface area contributed by atoms with Crippen LogP contribution in [0.15, 0.2) is 24.3 Å². The van der Waals surface area contributed by atoms with Crippen LogP contribution in [0.3, 0.4) is 0 Å². The molecule has 1 fully saturated rings. The third-order valence-electron chi connectivity index (χ3n) is 2.78. The molecule has 0 aromatic heterocycles. The average molecular weight is 206 g/mol. The maximum atomic E-state index is 5.37. The van der Waals surface area contributed by atoms with E-state index in [4.69, 9.17) is 4.74 Å². The van der Waals surface area contributed by atoms with E-state index in [1.165, 1.54) is 12.0 Å². The maximum absolute atomic E-state index is 5.37. The molecule has 1 unspecified atom stereocenters. The van der Waals surface area contributed by atoms with Crippen molar-refractivity contribution in [2.45, 2.75) is 12.5 Å². The van der Waals surface area contributed by atoms with Gasteiger partial charge in [0.2, 0.25) is 0 Å². The number of nitrogens with one attached hydrogen (secondary N) is 2. The summed E-state index contributed by atoms with van der Waals surface area (Å²) in [7, 11) is 1.73. The minimum Gasteiger partial charge on any atom is -0.496 e. The first-order valence-corrected chi connectivity index (χ1v) is 5.49. The lowest BCUT2D eigenvalue weighted by Gasteiger charge is -2.18. The predicted molar refractivity (Wildman–Crippen MR) is 61.2 cm³/mol. The molecule has 3 heteroatoms. The summed E-state index contributed by atoms with van der Waals surface area (Å²) in [5.74, 6) is 0.971. The Labute approximate surface area is 90.8 Å². The van der Waals surface area contributed by atoms with Crippen LogP contribution in [-0.2, 0) is 0 Å². The van der Waals surface area contributed by atoms with Gasteiger partial charge in [0, 0.05) is 18.2 Å². The van der Waals surface area contributed by atoms with E-state index in [1.807, 2.05) is 12.1 Å². The van der Waals surface area contributed by atoms with Crippen molar-refractivity contribution in [2.24, 2.45) is 0 Å². The van der Waals surface area contributed by atoms with Gasteiger partial charge in [-0.05, 0) is 25.6 Å². The minimum atomic E-state index is 0.364. The molecule has 0 saturated carbocycles. The largest absolute Gasteiger partial charge is 0.496 e. The molecule has 15 heavy (non-hydrogen) atoms. The Morgan fingerprint density at radius 2 is 2.13 bits per heavy atom. The molecule has 0 aliphatic carbocycles. The summed E-state index contributed by atoms with van der Waals surface area (Å²) < 4.78 is 5.37. The summed E-state index contributed by atoms with van der Waals surface area (Å²) >= 11 is 0. The first-order chi connectivity index (χ1) is 7.42. The van der Waals surface area contributed by atoms with Crippen LogP contribution in [0.5, 0.6) is 5.75 Å². The summed E-state index contributed by atoms with van der Waals surface area (Å²) in [6, 6.07) is 8.58. The van der Waals surface area contributed by atoms with Gasteiger partial charge in [0.1, 0.15) is 5.75 Å². The Hall–Kier alpha value is -1.06. The van der Waals surface area contributed by atoms with E-state index in [9.17, 15) is 0 Å². The second kappa shape index (κ2) is 5.14. The molecule has 2 N–H and O–H groups in total. The van der Waals surface area contributed by atoms with Gasteiger partial charge < -0.3 is 15.4 Å². The van der Waals surface area contributed by atoms with Gasteiger partial charge in [-0.2, -0.15) is 0 Å². The Kier molecular flexibility index (Phi) is 3.59. The van der Waals surface area contributed by atoms with Crippen LogP contribution in [0, 0.1) is 0 Å². The molecule has 2 rings (SSSR count). The van der Waals surface area contributed by atoms with Gasteiger partial charge in [-0.15, -0.1) is 0 Å². The Bertz CT molecular complexity index is 306. The topological polar surface area (TPSA) is 33.3 Å². The molecule has 0 amide bonds. The lowest BCUT2D eigenvalue weighted by molar-refractivity contribution is 0.399. The average Bonchev–Trinajstić information content (AvgIpc) is 2.57. The normalized spacial score (nSPS) is 22.1. The van der Waals surface area contributed by atoms with Crippen LogP contribution in [0.1, 0.15) is 18.0 Å². The second-order valence-electron chi connectivity index (χ2n) is 3.81. The maximum Gasteiger partial charge on any atom is 0.123 e. The van der Waals surface area contributed by atoms with Crippen LogP contribution in [0.25, 0.3) is 0 Å². The first-order valence-electron chi connectivity index (χ1n) is 5.49. The Morgan fingerprint density at radius 1 is 1.27 bits per heavy atom. The molecule has 1 aliphatic heterocycles. The third-order valence-corrected chi connectivity index (χ3v) is 2.78. The predicted octanol–water partition coefficient (Wildman–Crippen LogP) is 1.32. The zero-order valence-electron chi connectivity index (χ0n) is 9.12. The number of ether oxygens (including phenoxy) is 1. The molecule has 1 aromatic carbocycles. The van der Waals surface area contributed by atoms with E-state index >= 15 is 0 Å². The number of rotatable bonds is 2. The van der Waals surface area contributed by atoms with E-state index < -0.39 is 0 Å². The molecule has 0 spiro atoms. The fourth-order valence-electron chi connectivity index (χ4n) is 1.98. The van der Waals surface area contributed by atoms with Crippen molar-refractivity contribution in [3.05, 3.63) is 29.8 Å². The number of methoxy groups -OCH3 is 1. The van der Waals surface area contributed by atoms with Gasteiger partial charge >= 0.3 is 0 Å². The fourth-order valence-corrected chi connectivity index (χ4v) is 1.98. The standard InChI is InChI=1S/C12H18N2O/c1-15-12-6-3-2-5-10(12)11-9-13-7-4-8-14-11/h2-3,5-6,11,13-14H,4,7-9H2,1H3. The lowest BCUT2D eigenvalue weighted by Crippen LogP contribution is -2.27. The lowest BCUT2D eigenvalue weighted by atomic mass is 10.1. The summed E-state index contributed by atoms with van der Waals surface area (Å²) in [4.78, 5) is 0. The van der Waals surface area contributed by atoms with Crippen molar-refractivity contribution in [1.82, 2.24) is 10.6 Å². The fraction of sp³-hybridized carbons (Fsp3) is 0.500. The van der Waals surface area contributed by atoms with Crippen molar-refractivity contribution in [1.29, 1.82) is 0 Å². The molecule has 3 nitrogen and oxygen atoms in total. The van der Waals surface area contributed by atoms with Crippen molar-refractivity contribution < 1.29 is 4.74 Å². The molecule has 1 atom stereocenters. The number of hydrogen-bond donors (Lipinski definition) is 2. The SMILES string of the molecule is COc1ccccc1C1CNCCCN1. The number of hydrogen-bond acceptors (Lipinski definition) is 3. The van der Waals surface area contributed by atoms with Gasteiger partial charge in [-0.3, -0.25) is 0 Å². The zero-order chi connectivity index (χ0) is 10.5. The van der Waals surface area contributed by atoms with E-state index in [1.54, 1.807) is 7.11 Å². The minimum absolute atomic E-state index is 0.364. The highest BCUT2D eigenvalue weighted by Crippen LogP contribution is 2.24. The number of benzene rings is 1. The van der Waals surface area contributed by atoms with E-state index in [2.05, 4.69) is 22.8 Å². The number of para-hydroxylation sites is 1. The molecular formula is C12H18N2O. The van der Waals surface area contributed by atoms with Crippen LogP contribution in [0.4, 0.5) is 0 Å². The molecule has 1 heterocycles. The quantitative estimate of drug-likeness (QED) is 0.765. The van der Waals surface area contributed by atoms with Crippen LogP contribution < -0.4 is 15.4 Å². The van der Waals surface area contributed by atoms with Crippen molar-refractivity contribution >= 4 is 0 Å². The highest BCUT2D eigenvalue weighted by Gasteiger charge is 2.16. The summed E-state index contributed by atoms with van der Waals surface area (Å²) in [5, 5.41) is 6.96. The highest BCUT2D eigenvalue weighted by molar-refractivity contribution is 5.36. The summed E-state index contributed by atoms with van der Waals surface area (Å²) in [6.45, 7) is 3.13. The van der Waals surface area contributed by atoms with Gasteiger partial charge in [-0.1, -0.05) is 18.2 Å². The molecule has 1 saturated heterocycles. The molecule has 1 aromatic rings. The van der Waals surface area contributed by atoms with Crippen molar-refractivity contribution in [3.63, 3.8) is 0 Å². The smallest absolute Gasteiger partial charge is 0.123 e. The zero-order valence-corrected chi connectivity index (χ0v) is 9.12. The summed E-state index contributed by atoms with van der Waals surface area (Å²) in [6.07, 6.45) is 1.19. The molecule has 82 valence electrons. The van der Waals surface area contributed by atoms with Gasteiger partial charge in [-0.25, -0.2) is 0 Å². The Morgan fingerprint density at radius 3 is 3.00 bits per heavy atom. The van der Waals surface area contributed by atoms with Crippen LogP contribution in [0.2, 0.25) is 0 Å². The third kappa shape index (κ3) is 2.49. The molecule has 0 bridgehead atoms. The van der Waals surface area contributed by atoms with Gasteiger partial charge in [0.05, 0.1) is 7.11 Å². The molecular weight excluding hydrogens is 188 g/mol. The Balaban J connectivity index is 2.18. The monoisotopic (exact) mass is 206 g/mol. The second-order valence-corrected chi connectivity index (χ2v) is 3.81. The van der Waals surface area contributed by atoms with Crippen LogP contribution >= 0.6 is 0 Å². The van der Waals surface area contributed by atoms with Crippen molar-refractivity contribution in [3.8, 4) is 5.75 Å². The first kappa shape index (κ1) is 10.5. The van der Waals surface area contributed by atoms with Crippen LogP contribution in [-0.4, -0.2) is 26.7 Å². The van der Waals surface area contributed by atoms with Crippen molar-refractivity contribution in [2.75, 3.05) is 26.7 Å². The highest BCUT2D eigenvalue weighted by atomic mass is 16.5. The van der Waals surface area contributed by atoms with E-state index in [0.29, 0.717) is 6.04 Å². The summed E-state index contributed by atoms with van der Waals surface area (Å²) in [5.41, 5.74) is 1.24. The van der Waals surface area contributed by atoms with E-state index in [-0.39, 0.29) is 0 Å². The van der Waals surface area contributed by atoms with E-state index in [0.717, 1.165) is 25.4 Å². The van der Waals surface area contributed by atoms with Gasteiger partial charge in [0.15, 0.2) is 0 Å². The molecule has 1 aliphatic rings. The van der Waals surface area contributed by atoms with Gasteiger partial charge in [0.25, 0.3) is 0 Å².